The van der Waals surface area contributed by atoms with E-state index in [2.05, 4.69) is 5.32 Å². The van der Waals surface area contributed by atoms with E-state index in [4.69, 9.17) is 25.2 Å². The molecule has 0 radical (unpaired) electrons. The van der Waals surface area contributed by atoms with Crippen molar-refractivity contribution in [3.63, 3.8) is 0 Å². The summed E-state index contributed by atoms with van der Waals surface area (Å²) in [5.74, 6) is -3.69. The lowest BCUT2D eigenvalue weighted by molar-refractivity contribution is -0.165. The second-order valence-corrected chi connectivity index (χ2v) is 5.05. The summed E-state index contributed by atoms with van der Waals surface area (Å²) >= 11 is 0. The number of hydrogen-bond acceptors (Lipinski definition) is 6. The molecule has 1 aliphatic heterocycles. The Hall–Kier alpha value is -2.07. The van der Waals surface area contributed by atoms with E-state index in [0.717, 1.165) is 17.5 Å². The Bertz CT molecular complexity index is 563. The van der Waals surface area contributed by atoms with E-state index in [1.165, 1.54) is 6.07 Å². The predicted octanol–water partition coefficient (Wildman–Crippen LogP) is -0.464. The summed E-state index contributed by atoms with van der Waals surface area (Å²) < 4.78 is 19.1. The summed E-state index contributed by atoms with van der Waals surface area (Å²) in [6.45, 7) is 1.34. The molecule has 8 nitrogen and oxygen atoms in total. The van der Waals surface area contributed by atoms with Gasteiger partial charge in [-0.05, 0) is 25.1 Å². The largest absolute Gasteiger partial charge is 0.479 e. The molecule has 0 aromatic heterocycles. The van der Waals surface area contributed by atoms with Crippen LogP contribution in [-0.4, -0.2) is 64.8 Å². The van der Waals surface area contributed by atoms with E-state index in [0.29, 0.717) is 13.2 Å². The molecule has 134 valence electrons. The van der Waals surface area contributed by atoms with Crippen LogP contribution >= 0.6 is 0 Å². The third-order valence-corrected chi connectivity index (χ3v) is 3.35. The number of aliphatic hydroxyl groups is 2. The number of halogens is 1. The van der Waals surface area contributed by atoms with Gasteiger partial charge >= 0.3 is 11.9 Å². The Kier molecular flexibility index (Phi) is 7.72. The van der Waals surface area contributed by atoms with E-state index in [9.17, 15) is 14.0 Å². The van der Waals surface area contributed by atoms with E-state index >= 15 is 0 Å². The number of likely N-dealkylation sites (N-methyl/N-ethyl adjacent to an activating group) is 1. The summed E-state index contributed by atoms with van der Waals surface area (Å²) in [6.07, 6.45) is -3.85. The second kappa shape index (κ2) is 9.28. The second-order valence-electron chi connectivity index (χ2n) is 5.05. The highest BCUT2D eigenvalue weighted by molar-refractivity contribution is 5.83. The van der Waals surface area contributed by atoms with E-state index < -0.39 is 24.1 Å². The minimum atomic E-state index is -2.27. The van der Waals surface area contributed by atoms with Gasteiger partial charge in [0.05, 0.1) is 12.7 Å². The van der Waals surface area contributed by atoms with E-state index in [1.54, 1.807) is 6.07 Å². The smallest absolute Gasteiger partial charge is 0.335 e. The van der Waals surface area contributed by atoms with Crippen LogP contribution in [0.3, 0.4) is 0 Å². The van der Waals surface area contributed by atoms with Gasteiger partial charge in [0.2, 0.25) is 0 Å². The first-order valence-corrected chi connectivity index (χ1v) is 7.14. The number of fused-ring (bicyclic) bond motifs is 1. The first-order valence-electron chi connectivity index (χ1n) is 7.14. The number of carboxylic acids is 2. The van der Waals surface area contributed by atoms with Crippen LogP contribution in [0.1, 0.15) is 17.2 Å². The maximum Gasteiger partial charge on any atom is 0.335 e. The number of rotatable bonds is 5. The number of aliphatic hydroxyl groups excluding tert-OH is 2. The molecule has 0 bridgehead atoms. The fourth-order valence-corrected chi connectivity index (χ4v) is 2.17. The number of carbonyl (C=O) groups is 2. The van der Waals surface area contributed by atoms with Crippen molar-refractivity contribution < 1.29 is 39.1 Å². The number of carboxylic acid groups (broad SMARTS) is 2. The van der Waals surface area contributed by atoms with E-state index in [-0.39, 0.29) is 11.9 Å². The molecule has 0 fully saturated rings. The molecule has 3 atom stereocenters. The van der Waals surface area contributed by atoms with Crippen molar-refractivity contribution >= 4 is 11.9 Å². The summed E-state index contributed by atoms with van der Waals surface area (Å²) in [6, 6.07) is 5.23. The lowest BCUT2D eigenvalue weighted by atomic mass is 9.97. The fraction of sp³-hybridized carbons (Fsp3) is 0.467. The van der Waals surface area contributed by atoms with Crippen molar-refractivity contribution in [1.29, 1.82) is 0 Å². The maximum absolute atomic E-state index is 13.5. The summed E-state index contributed by atoms with van der Waals surface area (Å²) in [7, 11) is 1.85. The molecule has 1 heterocycles. The van der Waals surface area contributed by atoms with Gasteiger partial charge in [0.15, 0.2) is 12.2 Å². The molecule has 0 amide bonds. The van der Waals surface area contributed by atoms with Crippen LogP contribution in [0.15, 0.2) is 18.2 Å². The highest BCUT2D eigenvalue weighted by Gasteiger charge is 2.29. The van der Waals surface area contributed by atoms with Gasteiger partial charge in [0.1, 0.15) is 5.82 Å². The Morgan fingerprint density at radius 3 is 2.38 bits per heavy atom. The molecular weight excluding hydrogens is 325 g/mol. The molecule has 1 aromatic carbocycles. The van der Waals surface area contributed by atoms with Gasteiger partial charge in [-0.25, -0.2) is 14.0 Å². The average Bonchev–Trinajstić information content (AvgIpc) is 2.54. The van der Waals surface area contributed by atoms with Crippen molar-refractivity contribution in [2.45, 2.75) is 24.7 Å². The Morgan fingerprint density at radius 1 is 1.29 bits per heavy atom. The molecule has 9 heteroatoms. The summed E-state index contributed by atoms with van der Waals surface area (Å²) in [5, 5.41) is 35.5. The molecule has 0 saturated heterocycles. The zero-order valence-electron chi connectivity index (χ0n) is 13.0. The Morgan fingerprint density at radius 2 is 1.88 bits per heavy atom. The number of ether oxygens (including phenoxy) is 1. The lowest BCUT2D eigenvalue weighted by Gasteiger charge is -2.26. The number of benzene rings is 1. The third-order valence-electron chi connectivity index (χ3n) is 3.35. The molecule has 1 aromatic rings. The van der Waals surface area contributed by atoms with Crippen LogP contribution in [0.4, 0.5) is 4.39 Å². The van der Waals surface area contributed by atoms with Crippen molar-refractivity contribution in [1.82, 2.24) is 5.32 Å². The minimum absolute atomic E-state index is 0.134. The van der Waals surface area contributed by atoms with Crippen LogP contribution in [0.5, 0.6) is 0 Å². The molecule has 2 unspecified atom stereocenters. The van der Waals surface area contributed by atoms with Crippen molar-refractivity contribution in [2.24, 2.45) is 0 Å². The van der Waals surface area contributed by atoms with Crippen molar-refractivity contribution in [2.75, 3.05) is 20.2 Å². The molecule has 0 aliphatic carbocycles. The van der Waals surface area contributed by atoms with Crippen LogP contribution < -0.4 is 5.32 Å². The first kappa shape index (κ1) is 20.0. The third kappa shape index (κ3) is 5.24. The van der Waals surface area contributed by atoms with Gasteiger partial charge in [-0.15, -0.1) is 0 Å². The topological polar surface area (TPSA) is 136 Å². The highest BCUT2D eigenvalue weighted by atomic mass is 19.1. The Labute approximate surface area is 137 Å². The van der Waals surface area contributed by atoms with Crippen molar-refractivity contribution in [3.8, 4) is 0 Å². The monoisotopic (exact) mass is 345 g/mol. The van der Waals surface area contributed by atoms with Crippen LogP contribution in [0, 0.1) is 5.82 Å². The molecule has 2 rings (SSSR count). The molecule has 24 heavy (non-hydrogen) atoms. The molecule has 0 saturated carbocycles. The number of hydrogen-bond donors (Lipinski definition) is 5. The lowest BCUT2D eigenvalue weighted by Crippen LogP contribution is -2.39. The number of nitrogens with one attached hydrogen (secondary N) is 1. The van der Waals surface area contributed by atoms with Gasteiger partial charge in [-0.3, -0.25) is 0 Å². The quantitative estimate of drug-likeness (QED) is 0.483. The van der Waals surface area contributed by atoms with Crippen LogP contribution in [0.2, 0.25) is 0 Å². The minimum Gasteiger partial charge on any atom is -0.479 e. The van der Waals surface area contributed by atoms with Gasteiger partial charge in [0.25, 0.3) is 0 Å². The van der Waals surface area contributed by atoms with E-state index in [1.807, 2.05) is 13.1 Å². The Balaban J connectivity index is 0.000000257. The van der Waals surface area contributed by atoms with Crippen molar-refractivity contribution in [3.05, 3.63) is 35.1 Å². The van der Waals surface area contributed by atoms with Crippen LogP contribution in [0.25, 0.3) is 0 Å². The van der Waals surface area contributed by atoms with Gasteiger partial charge in [-0.1, -0.05) is 12.1 Å². The molecule has 5 N–H and O–H groups in total. The standard InChI is InChI=1S/C11H14FNO.C4H6O6/c1-13-7-10-11-8(5-6-14-10)3-2-4-9(11)12;5-1(3(7)8)2(6)4(9)10/h2-4,10,13H,5-7H2,1H3;1-2,5-6H,(H,7,8)(H,9,10)/t10-;/m0./s1. The fourth-order valence-electron chi connectivity index (χ4n) is 2.17. The van der Waals surface area contributed by atoms with Gasteiger partial charge in [0, 0.05) is 12.1 Å². The molecule has 0 spiro atoms. The molecule has 1 aliphatic rings. The van der Waals surface area contributed by atoms with Gasteiger partial charge in [-0.2, -0.15) is 0 Å². The first-order chi connectivity index (χ1) is 11.3. The normalized spacial score (nSPS) is 18.6. The van der Waals surface area contributed by atoms with Crippen LogP contribution in [-0.2, 0) is 20.7 Å². The average molecular weight is 345 g/mol. The summed E-state index contributed by atoms with van der Waals surface area (Å²) in [4.78, 5) is 19.5. The highest BCUT2D eigenvalue weighted by Crippen LogP contribution is 2.28. The maximum atomic E-state index is 13.5. The zero-order chi connectivity index (χ0) is 18.3. The van der Waals surface area contributed by atoms with Gasteiger partial charge < -0.3 is 30.5 Å². The zero-order valence-corrected chi connectivity index (χ0v) is 13.0. The predicted molar refractivity (Wildman–Crippen MR) is 80.0 cm³/mol. The SMILES string of the molecule is CNC[C@@H]1OCCc2cccc(F)c21.O=C(O)C(O)C(O)C(=O)O. The molecular formula is C15H20FNO7. The summed E-state index contributed by atoms with van der Waals surface area (Å²) in [5.41, 5.74) is 1.81. The number of aliphatic carboxylic acids is 2.